The summed E-state index contributed by atoms with van der Waals surface area (Å²) in [5.41, 5.74) is 0.435. The van der Waals surface area contributed by atoms with Crippen LogP contribution in [-0.2, 0) is 13.1 Å². The number of likely N-dealkylation sites (tertiary alicyclic amines) is 1. The van der Waals surface area contributed by atoms with Crippen LogP contribution in [0, 0.1) is 23.4 Å². The summed E-state index contributed by atoms with van der Waals surface area (Å²) >= 11 is 0. The Labute approximate surface area is 199 Å². The minimum atomic E-state index is -3.42. The van der Waals surface area contributed by atoms with Crippen molar-refractivity contribution in [1.82, 2.24) is 15.1 Å². The second-order valence-corrected chi connectivity index (χ2v) is 8.59. The molecule has 11 heteroatoms. The van der Waals surface area contributed by atoms with E-state index in [0.29, 0.717) is 6.54 Å². The molecular weight excluding hydrogens is 476 g/mol. The van der Waals surface area contributed by atoms with E-state index in [9.17, 15) is 31.1 Å². The van der Waals surface area contributed by atoms with Crippen molar-refractivity contribution in [3.63, 3.8) is 0 Å². The van der Waals surface area contributed by atoms with Crippen LogP contribution in [0.1, 0.15) is 24.0 Å². The van der Waals surface area contributed by atoms with Gasteiger partial charge in [0.25, 0.3) is 6.36 Å². The Balaban J connectivity index is 1.66. The van der Waals surface area contributed by atoms with Gasteiger partial charge in [-0.1, -0.05) is 12.1 Å². The molecule has 1 heterocycles. The van der Waals surface area contributed by atoms with Gasteiger partial charge in [-0.2, -0.15) is 4.39 Å². The molecule has 1 N–H and O–H groups in total. The van der Waals surface area contributed by atoms with E-state index in [1.807, 2.05) is 7.05 Å². The lowest BCUT2D eigenvalue weighted by molar-refractivity contribution is -0.0684. The molecule has 5 nitrogen and oxygen atoms in total. The molecule has 0 radical (unpaired) electrons. The number of rotatable bonds is 9. The molecule has 1 aliphatic heterocycles. The molecule has 2 amide bonds. The second-order valence-electron chi connectivity index (χ2n) is 8.59. The van der Waals surface area contributed by atoms with Gasteiger partial charge in [-0.15, -0.1) is 0 Å². The molecule has 1 aliphatic rings. The quantitative estimate of drug-likeness (QED) is 0.485. The number of nitrogens with one attached hydrogen (secondary N) is 1. The fraction of sp³-hybridized carbons (Fsp3) is 0.458. The van der Waals surface area contributed by atoms with E-state index in [0.717, 1.165) is 50.2 Å². The Morgan fingerprint density at radius 1 is 1.09 bits per heavy atom. The lowest BCUT2D eigenvalue weighted by Gasteiger charge is -2.33. The predicted octanol–water partition coefficient (Wildman–Crippen LogP) is 5.10. The average molecular weight is 503 g/mol. The van der Waals surface area contributed by atoms with Gasteiger partial charge in [0.05, 0.1) is 6.54 Å². The number of ether oxygens (including phenoxy) is 1. The molecule has 2 aromatic rings. The first-order valence-corrected chi connectivity index (χ1v) is 11.1. The molecule has 0 aliphatic carbocycles. The third kappa shape index (κ3) is 7.78. The minimum absolute atomic E-state index is 0.0864. The van der Waals surface area contributed by atoms with E-state index >= 15 is 0 Å². The number of amides is 2. The second kappa shape index (κ2) is 12.1. The topological polar surface area (TPSA) is 44.8 Å². The third-order valence-corrected chi connectivity index (χ3v) is 5.86. The molecule has 0 aromatic heterocycles. The van der Waals surface area contributed by atoms with Gasteiger partial charge in [0.15, 0.2) is 11.6 Å². The molecule has 1 atom stereocenters. The van der Waals surface area contributed by atoms with Crippen LogP contribution < -0.4 is 10.1 Å². The maximum absolute atomic E-state index is 14.2. The summed E-state index contributed by atoms with van der Waals surface area (Å²) in [6.07, 6.45) is -4.68. The van der Waals surface area contributed by atoms with Gasteiger partial charge in [-0.25, -0.2) is 26.7 Å². The number of urea groups is 1. The van der Waals surface area contributed by atoms with Crippen LogP contribution in [0.5, 0.6) is 5.75 Å². The summed E-state index contributed by atoms with van der Waals surface area (Å²) in [6, 6.07) is 5.86. The van der Waals surface area contributed by atoms with Crippen molar-refractivity contribution in [1.29, 1.82) is 0 Å². The summed E-state index contributed by atoms with van der Waals surface area (Å²) < 4.78 is 83.5. The number of benzene rings is 2. The maximum atomic E-state index is 14.2. The fourth-order valence-corrected chi connectivity index (χ4v) is 3.84. The number of nitrogens with zero attached hydrogens (tertiary/aromatic N) is 2. The lowest BCUT2D eigenvalue weighted by Crippen LogP contribution is -2.44. The van der Waals surface area contributed by atoms with Gasteiger partial charge in [-0.05, 0) is 62.7 Å². The molecule has 0 spiro atoms. The van der Waals surface area contributed by atoms with Gasteiger partial charge < -0.3 is 19.9 Å². The molecule has 2 aromatic carbocycles. The van der Waals surface area contributed by atoms with E-state index in [1.165, 1.54) is 17.0 Å². The van der Waals surface area contributed by atoms with Crippen molar-refractivity contribution in [3.05, 3.63) is 65.0 Å². The number of alkyl halides is 3. The Kier molecular flexibility index (Phi) is 9.25. The minimum Gasteiger partial charge on any atom is -0.451 e. The van der Waals surface area contributed by atoms with Gasteiger partial charge in [0, 0.05) is 24.7 Å². The monoisotopic (exact) mass is 503 g/mol. The van der Waals surface area contributed by atoms with Crippen LogP contribution >= 0.6 is 0 Å². The predicted molar refractivity (Wildman–Crippen MR) is 117 cm³/mol. The first-order chi connectivity index (χ1) is 16.6. The van der Waals surface area contributed by atoms with Crippen LogP contribution in [-0.4, -0.2) is 55.3 Å². The standard InChI is InChI=1S/C24H27F6N3O2/c1-32-8-6-15(7-9-32)13-33(14-17-3-4-18(25)11-19(17)26)24(34)31-12-16-2-5-21(20(27)10-16)35-23(30)22(28)29/h2-5,10-11,15,22-23H,6-9,12-14H2,1H3,(H,31,34). The largest absolute Gasteiger partial charge is 0.451 e. The molecule has 1 fully saturated rings. The number of hydrogen-bond donors (Lipinski definition) is 1. The zero-order valence-electron chi connectivity index (χ0n) is 19.1. The fourth-order valence-electron chi connectivity index (χ4n) is 3.84. The van der Waals surface area contributed by atoms with E-state index in [-0.39, 0.29) is 30.1 Å². The SMILES string of the molecule is CN1CCC(CN(Cc2ccc(F)cc2F)C(=O)NCc2ccc(OC(F)C(F)F)c(F)c2)CC1. The van der Waals surface area contributed by atoms with E-state index in [2.05, 4.69) is 15.0 Å². The van der Waals surface area contributed by atoms with Crippen LogP contribution in [0.2, 0.25) is 0 Å². The van der Waals surface area contributed by atoms with Gasteiger partial charge in [0.2, 0.25) is 0 Å². The number of piperidine rings is 1. The molecule has 1 saturated heterocycles. The number of carbonyl (C=O) groups excluding carboxylic acids is 1. The smallest absolute Gasteiger partial charge is 0.317 e. The van der Waals surface area contributed by atoms with Crippen LogP contribution in [0.3, 0.4) is 0 Å². The molecular formula is C24H27F6N3O2. The van der Waals surface area contributed by atoms with Crippen LogP contribution in [0.15, 0.2) is 36.4 Å². The third-order valence-electron chi connectivity index (χ3n) is 5.86. The Hall–Kier alpha value is -2.95. The Morgan fingerprint density at radius 2 is 1.80 bits per heavy atom. The van der Waals surface area contributed by atoms with Crippen molar-refractivity contribution in [3.8, 4) is 5.75 Å². The molecule has 35 heavy (non-hydrogen) atoms. The van der Waals surface area contributed by atoms with Crippen molar-refractivity contribution in [2.75, 3.05) is 26.7 Å². The van der Waals surface area contributed by atoms with E-state index < -0.39 is 42.0 Å². The van der Waals surface area contributed by atoms with Gasteiger partial charge in [0.1, 0.15) is 11.6 Å². The molecule has 192 valence electrons. The van der Waals surface area contributed by atoms with Crippen molar-refractivity contribution < 1.29 is 35.9 Å². The number of halogens is 6. The highest BCUT2D eigenvalue weighted by Gasteiger charge is 2.24. The molecule has 3 rings (SSSR count). The summed E-state index contributed by atoms with van der Waals surface area (Å²) in [6.45, 7) is 1.87. The van der Waals surface area contributed by atoms with Gasteiger partial charge >= 0.3 is 12.5 Å². The Morgan fingerprint density at radius 3 is 2.43 bits per heavy atom. The first-order valence-electron chi connectivity index (χ1n) is 11.1. The van der Waals surface area contributed by atoms with E-state index in [1.54, 1.807) is 0 Å². The van der Waals surface area contributed by atoms with Crippen LogP contribution in [0.25, 0.3) is 0 Å². The van der Waals surface area contributed by atoms with Gasteiger partial charge in [-0.3, -0.25) is 0 Å². The van der Waals surface area contributed by atoms with Crippen LogP contribution in [0.4, 0.5) is 31.1 Å². The summed E-state index contributed by atoms with van der Waals surface area (Å²) in [4.78, 5) is 16.6. The lowest BCUT2D eigenvalue weighted by atomic mass is 9.96. The maximum Gasteiger partial charge on any atom is 0.317 e. The van der Waals surface area contributed by atoms with Crippen molar-refractivity contribution in [2.45, 2.75) is 38.7 Å². The highest BCUT2D eigenvalue weighted by molar-refractivity contribution is 5.74. The summed E-state index contributed by atoms with van der Waals surface area (Å²) in [7, 11) is 2.01. The van der Waals surface area contributed by atoms with E-state index in [4.69, 9.17) is 0 Å². The highest BCUT2D eigenvalue weighted by Crippen LogP contribution is 2.23. The zero-order chi connectivity index (χ0) is 25.5. The summed E-state index contributed by atoms with van der Waals surface area (Å²) in [5, 5.41) is 2.63. The highest BCUT2D eigenvalue weighted by atomic mass is 19.3. The number of hydrogen-bond acceptors (Lipinski definition) is 3. The van der Waals surface area contributed by atoms with Crippen molar-refractivity contribution >= 4 is 6.03 Å². The normalized spacial score (nSPS) is 15.8. The molecule has 0 saturated carbocycles. The summed E-state index contributed by atoms with van der Waals surface area (Å²) in [5.74, 6) is -3.03. The zero-order valence-corrected chi connectivity index (χ0v) is 19.1. The average Bonchev–Trinajstić information content (AvgIpc) is 2.81. The molecule has 0 bridgehead atoms. The first kappa shape index (κ1) is 26.7. The molecule has 1 unspecified atom stereocenters. The number of carbonyl (C=O) groups is 1. The van der Waals surface area contributed by atoms with Crippen molar-refractivity contribution in [2.24, 2.45) is 5.92 Å². The Bertz CT molecular complexity index is 1000.